The van der Waals surface area contributed by atoms with Crippen molar-refractivity contribution in [3.05, 3.63) is 64.3 Å². The summed E-state index contributed by atoms with van der Waals surface area (Å²) in [5.41, 5.74) is 0.803. The molecule has 10 heteroatoms. The van der Waals surface area contributed by atoms with Crippen molar-refractivity contribution in [1.29, 1.82) is 0 Å². The number of aliphatic hydroxyl groups is 2. The average molecular weight is 514 g/mol. The van der Waals surface area contributed by atoms with Gasteiger partial charge in [-0.1, -0.05) is 19.9 Å². The Morgan fingerprint density at radius 1 is 1.16 bits per heavy atom. The number of amides is 1. The van der Waals surface area contributed by atoms with Gasteiger partial charge < -0.3 is 30.4 Å². The van der Waals surface area contributed by atoms with Crippen molar-refractivity contribution < 1.29 is 29.2 Å². The first-order valence-electron chi connectivity index (χ1n) is 12.3. The van der Waals surface area contributed by atoms with Gasteiger partial charge in [-0.15, -0.1) is 0 Å². The number of aromatic hydroxyl groups is 1. The van der Waals surface area contributed by atoms with Crippen LogP contribution in [0, 0.1) is 11.7 Å². The molecule has 4 rings (SSSR count). The zero-order valence-corrected chi connectivity index (χ0v) is 20.8. The van der Waals surface area contributed by atoms with Crippen LogP contribution >= 0.6 is 0 Å². The molecule has 1 atom stereocenters. The maximum absolute atomic E-state index is 14.7. The molecule has 1 heterocycles. The highest BCUT2D eigenvalue weighted by Crippen LogP contribution is 2.41. The van der Waals surface area contributed by atoms with Gasteiger partial charge in [0.25, 0.3) is 0 Å². The van der Waals surface area contributed by atoms with Crippen LogP contribution in [0.3, 0.4) is 0 Å². The maximum atomic E-state index is 14.7. The predicted molar refractivity (Wildman–Crippen MR) is 136 cm³/mol. The normalized spacial score (nSPS) is 14.2. The monoisotopic (exact) mass is 513 g/mol. The Hall–Kier alpha value is -3.63. The smallest absolute Gasteiger partial charge is 0.329 e. The summed E-state index contributed by atoms with van der Waals surface area (Å²) in [6.07, 6.45) is 1.52. The van der Waals surface area contributed by atoms with Gasteiger partial charge >= 0.3 is 5.69 Å². The molecule has 37 heavy (non-hydrogen) atoms. The quantitative estimate of drug-likeness (QED) is 0.266. The number of halogens is 1. The molecular formula is C27H32FN3O6. The van der Waals surface area contributed by atoms with Crippen LogP contribution in [-0.4, -0.2) is 50.1 Å². The fourth-order valence-electron chi connectivity index (χ4n) is 4.25. The van der Waals surface area contributed by atoms with E-state index in [2.05, 4.69) is 10.3 Å². The number of aromatic amines is 1. The van der Waals surface area contributed by atoms with Crippen LogP contribution in [0.4, 0.5) is 10.1 Å². The summed E-state index contributed by atoms with van der Waals surface area (Å²) in [4.78, 5) is 28.8. The number of hydrogen-bond acceptors (Lipinski definition) is 6. The first-order chi connectivity index (χ1) is 17.7. The lowest BCUT2D eigenvalue weighted by Gasteiger charge is -2.20. The molecule has 0 saturated heterocycles. The molecule has 0 aliphatic heterocycles. The molecule has 0 bridgehead atoms. The number of hydrogen-bond donors (Lipinski definition) is 5. The third-order valence-corrected chi connectivity index (χ3v) is 6.36. The van der Waals surface area contributed by atoms with E-state index < -0.39 is 35.4 Å². The van der Waals surface area contributed by atoms with Crippen LogP contribution in [0.2, 0.25) is 0 Å². The van der Waals surface area contributed by atoms with E-state index in [0.717, 1.165) is 23.0 Å². The number of carbonyl (C=O) groups is 1. The lowest BCUT2D eigenvalue weighted by atomic mass is 10.0. The Morgan fingerprint density at radius 2 is 1.84 bits per heavy atom. The Kier molecular flexibility index (Phi) is 7.99. The largest absolute Gasteiger partial charge is 0.493 e. The summed E-state index contributed by atoms with van der Waals surface area (Å²) in [6, 6.07) is 9.97. The van der Waals surface area contributed by atoms with Gasteiger partial charge in [0.05, 0.1) is 18.9 Å². The number of carbonyl (C=O) groups excluding carboxylic acids is 1. The first kappa shape index (κ1) is 26.4. The highest BCUT2D eigenvalue weighted by atomic mass is 19.1. The molecule has 0 unspecified atom stereocenters. The van der Waals surface area contributed by atoms with Gasteiger partial charge in [0, 0.05) is 5.56 Å². The second-order valence-corrected chi connectivity index (χ2v) is 9.78. The van der Waals surface area contributed by atoms with E-state index in [1.54, 1.807) is 30.3 Å². The van der Waals surface area contributed by atoms with E-state index in [0.29, 0.717) is 17.2 Å². The highest BCUT2D eigenvalue weighted by Gasteiger charge is 2.30. The van der Waals surface area contributed by atoms with Crippen molar-refractivity contribution in [1.82, 2.24) is 9.55 Å². The summed E-state index contributed by atoms with van der Waals surface area (Å²) in [7, 11) is 0. The zero-order valence-electron chi connectivity index (χ0n) is 20.8. The molecule has 1 saturated carbocycles. The molecule has 1 aliphatic rings. The molecule has 198 valence electrons. The summed E-state index contributed by atoms with van der Waals surface area (Å²) in [6.45, 7) is 3.05. The molecule has 1 aromatic heterocycles. The number of rotatable bonds is 11. The van der Waals surface area contributed by atoms with Crippen LogP contribution in [-0.2, 0) is 4.79 Å². The third-order valence-electron chi connectivity index (χ3n) is 6.36. The van der Waals surface area contributed by atoms with E-state index >= 15 is 0 Å². The van der Waals surface area contributed by atoms with Crippen molar-refractivity contribution in [3.8, 4) is 22.9 Å². The second kappa shape index (κ2) is 11.2. The van der Waals surface area contributed by atoms with Crippen molar-refractivity contribution in [3.63, 3.8) is 0 Å². The molecule has 3 aromatic rings. The Morgan fingerprint density at radius 3 is 2.41 bits per heavy atom. The number of anilines is 1. The number of nitrogens with zero attached hydrogens (tertiary/aromatic N) is 1. The van der Waals surface area contributed by atoms with Crippen LogP contribution in [0.25, 0.3) is 11.3 Å². The van der Waals surface area contributed by atoms with Gasteiger partial charge in [-0.3, -0.25) is 9.36 Å². The van der Waals surface area contributed by atoms with E-state index in [1.165, 1.54) is 12.1 Å². The molecule has 1 fully saturated rings. The summed E-state index contributed by atoms with van der Waals surface area (Å²) in [5.74, 6) is -0.840. The fraction of sp³-hybridized carbons (Fsp3) is 0.407. The van der Waals surface area contributed by atoms with E-state index in [4.69, 9.17) is 4.74 Å². The minimum Gasteiger partial charge on any atom is -0.493 e. The van der Waals surface area contributed by atoms with Crippen LogP contribution < -0.4 is 15.7 Å². The number of ether oxygens (including phenoxy) is 1. The number of nitrogens with one attached hydrogen (secondary N) is 2. The molecule has 0 spiro atoms. The lowest BCUT2D eigenvalue weighted by molar-refractivity contribution is -0.119. The Bertz CT molecular complexity index is 1290. The van der Waals surface area contributed by atoms with Crippen LogP contribution in [0.5, 0.6) is 11.6 Å². The van der Waals surface area contributed by atoms with Crippen LogP contribution in [0.15, 0.2) is 47.3 Å². The second-order valence-electron chi connectivity index (χ2n) is 9.78. The first-order valence-corrected chi connectivity index (χ1v) is 12.3. The Labute approximate surface area is 213 Å². The minimum atomic E-state index is -1.09. The number of aromatic nitrogens is 2. The van der Waals surface area contributed by atoms with Crippen molar-refractivity contribution in [2.75, 3.05) is 18.5 Å². The average Bonchev–Trinajstić information content (AvgIpc) is 3.68. The van der Waals surface area contributed by atoms with Crippen molar-refractivity contribution in [2.45, 2.75) is 51.2 Å². The molecule has 5 N–H and O–H groups in total. The highest BCUT2D eigenvalue weighted by molar-refractivity contribution is 5.94. The zero-order chi connectivity index (χ0) is 26.7. The van der Waals surface area contributed by atoms with Gasteiger partial charge in [-0.05, 0) is 73.1 Å². The van der Waals surface area contributed by atoms with Crippen molar-refractivity contribution >= 4 is 11.6 Å². The van der Waals surface area contributed by atoms with Gasteiger partial charge in [0.1, 0.15) is 29.4 Å². The topological polar surface area (TPSA) is 137 Å². The van der Waals surface area contributed by atoms with E-state index in [9.17, 15) is 29.3 Å². The molecule has 2 aromatic carbocycles. The van der Waals surface area contributed by atoms with Gasteiger partial charge in [-0.25, -0.2) is 9.18 Å². The molecule has 1 amide bonds. The molecule has 1 aliphatic carbocycles. The molecule has 0 radical (unpaired) electrons. The third kappa shape index (κ3) is 6.03. The van der Waals surface area contributed by atoms with Gasteiger partial charge in [-0.2, -0.15) is 0 Å². The fourth-order valence-corrected chi connectivity index (χ4v) is 4.25. The summed E-state index contributed by atoms with van der Waals surface area (Å²) >= 11 is 0. The van der Waals surface area contributed by atoms with E-state index in [-0.39, 0.29) is 36.9 Å². The number of imidazole rings is 1. The van der Waals surface area contributed by atoms with Crippen molar-refractivity contribution in [2.24, 2.45) is 5.92 Å². The predicted octanol–water partition coefficient (Wildman–Crippen LogP) is 3.52. The number of aliphatic hydroxyl groups excluding tert-OH is 2. The SMILES string of the molecule is CC(C)C[C@@H](C(=O)Nc1ccc(C2CC2)cc1F)n1c(O)c(-c2ccc(OC(CO)CO)cc2)[nH]c1=O. The molecule has 9 nitrogen and oxygen atoms in total. The Balaban J connectivity index is 1.60. The van der Waals surface area contributed by atoms with E-state index in [1.807, 2.05) is 13.8 Å². The van der Waals surface area contributed by atoms with Crippen LogP contribution in [0.1, 0.15) is 50.6 Å². The molecular weight excluding hydrogens is 481 g/mol. The summed E-state index contributed by atoms with van der Waals surface area (Å²) in [5, 5.41) is 31.9. The minimum absolute atomic E-state index is 0.00934. The number of H-pyrrole nitrogens is 1. The summed E-state index contributed by atoms with van der Waals surface area (Å²) < 4.78 is 21.1. The standard InChI is InChI=1S/C27H32FN3O6/c1-15(2)11-23(25(34)29-22-10-7-18(12-21(22)28)16-3-4-16)31-26(35)24(30-27(31)36)17-5-8-19(9-6-17)37-20(13-32)14-33/h5-10,12,15-16,20,23,32-33,35H,3-4,11,13-14H2,1-2H3,(H,29,34)(H,30,36)/t23-/m0/s1. The van der Waals surface area contributed by atoms with Gasteiger partial charge in [0.15, 0.2) is 0 Å². The lowest BCUT2D eigenvalue weighted by Crippen LogP contribution is -2.33. The van der Waals surface area contributed by atoms with Gasteiger partial charge in [0.2, 0.25) is 11.8 Å². The number of benzene rings is 2. The maximum Gasteiger partial charge on any atom is 0.329 e.